The topological polar surface area (TPSA) is 66.0 Å². The molecule has 4 heteroatoms. The predicted octanol–water partition coefficient (Wildman–Crippen LogP) is 3.69. The Labute approximate surface area is 118 Å². The average Bonchev–Trinajstić information content (AvgIpc) is 2.69. The summed E-state index contributed by atoms with van der Waals surface area (Å²) < 4.78 is 0. The molecule has 0 radical (unpaired) electrons. The molecule has 0 aliphatic heterocycles. The Hall–Kier alpha value is -2.10. The summed E-state index contributed by atoms with van der Waals surface area (Å²) in [5.41, 5.74) is 4.52. The third-order valence-electron chi connectivity index (χ3n) is 3.51. The summed E-state index contributed by atoms with van der Waals surface area (Å²) in [6.07, 6.45) is 0. The first kappa shape index (κ1) is 14.3. The predicted molar refractivity (Wildman–Crippen MR) is 79.2 cm³/mol. The van der Waals surface area contributed by atoms with Crippen LogP contribution in [0.3, 0.4) is 0 Å². The van der Waals surface area contributed by atoms with Crippen molar-refractivity contribution >= 4 is 5.97 Å². The molecular weight excluding hydrogens is 252 g/mol. The van der Waals surface area contributed by atoms with Crippen LogP contribution in [0.25, 0.3) is 11.3 Å². The molecule has 2 aromatic rings. The number of carboxylic acid groups (broad SMARTS) is 1. The Balaban J connectivity index is 2.58. The molecule has 0 aliphatic rings. The van der Waals surface area contributed by atoms with Crippen LogP contribution >= 0.6 is 0 Å². The van der Waals surface area contributed by atoms with Gasteiger partial charge in [-0.15, -0.1) is 0 Å². The number of rotatable bonds is 2. The largest absolute Gasteiger partial charge is 0.478 e. The number of benzene rings is 1. The highest BCUT2D eigenvalue weighted by atomic mass is 16.4. The Morgan fingerprint density at radius 1 is 1.25 bits per heavy atom. The maximum Gasteiger partial charge on any atom is 0.339 e. The lowest BCUT2D eigenvalue weighted by molar-refractivity contribution is 0.0697. The number of hydrogen-bond donors (Lipinski definition) is 2. The standard InChI is InChI=1S/C16H20N2O2/c1-9-8-11(16(3,4)5)6-7-12(9)14-13(15(19)20)10(2)17-18-14/h6-8H,1-5H3,(H,17,18)(H,19,20). The minimum absolute atomic E-state index is 0.0699. The first-order valence-corrected chi connectivity index (χ1v) is 6.61. The fourth-order valence-electron chi connectivity index (χ4n) is 2.28. The molecule has 20 heavy (non-hydrogen) atoms. The molecule has 0 bridgehead atoms. The number of carboxylic acids is 1. The summed E-state index contributed by atoms with van der Waals surface area (Å²) in [7, 11) is 0. The van der Waals surface area contributed by atoms with Gasteiger partial charge in [0.05, 0.1) is 0 Å². The number of aromatic amines is 1. The van der Waals surface area contributed by atoms with Gasteiger partial charge in [0.25, 0.3) is 0 Å². The normalized spacial score (nSPS) is 11.7. The quantitative estimate of drug-likeness (QED) is 0.876. The third kappa shape index (κ3) is 2.46. The second-order valence-electron chi connectivity index (χ2n) is 6.16. The lowest BCUT2D eigenvalue weighted by atomic mass is 9.85. The first-order valence-electron chi connectivity index (χ1n) is 6.61. The number of H-pyrrole nitrogens is 1. The van der Waals surface area contributed by atoms with Gasteiger partial charge in [-0.2, -0.15) is 5.10 Å². The lowest BCUT2D eigenvalue weighted by Gasteiger charge is -2.20. The molecule has 1 aromatic heterocycles. The van der Waals surface area contributed by atoms with E-state index in [0.717, 1.165) is 11.1 Å². The van der Waals surface area contributed by atoms with Crippen molar-refractivity contribution in [3.05, 3.63) is 40.6 Å². The van der Waals surface area contributed by atoms with Crippen LogP contribution in [0.2, 0.25) is 0 Å². The minimum Gasteiger partial charge on any atom is -0.478 e. The molecule has 0 aliphatic carbocycles. The van der Waals surface area contributed by atoms with Gasteiger partial charge in [0, 0.05) is 11.3 Å². The van der Waals surface area contributed by atoms with Gasteiger partial charge in [0.1, 0.15) is 11.3 Å². The minimum atomic E-state index is -0.953. The van der Waals surface area contributed by atoms with E-state index in [4.69, 9.17) is 0 Å². The number of hydrogen-bond acceptors (Lipinski definition) is 2. The van der Waals surface area contributed by atoms with E-state index in [0.29, 0.717) is 11.4 Å². The molecule has 0 saturated carbocycles. The summed E-state index contributed by atoms with van der Waals surface area (Å²) in [5, 5.41) is 16.2. The smallest absolute Gasteiger partial charge is 0.339 e. The monoisotopic (exact) mass is 272 g/mol. The maximum absolute atomic E-state index is 11.4. The number of carbonyl (C=O) groups is 1. The van der Waals surface area contributed by atoms with Crippen LogP contribution in [0.4, 0.5) is 0 Å². The average molecular weight is 272 g/mol. The molecule has 1 heterocycles. The summed E-state index contributed by atoms with van der Waals surface area (Å²) in [6, 6.07) is 6.10. The maximum atomic E-state index is 11.4. The number of aromatic carboxylic acids is 1. The summed E-state index contributed by atoms with van der Waals surface area (Å²) >= 11 is 0. The van der Waals surface area contributed by atoms with E-state index in [-0.39, 0.29) is 11.0 Å². The van der Waals surface area contributed by atoms with Gasteiger partial charge >= 0.3 is 5.97 Å². The van der Waals surface area contributed by atoms with Crippen LogP contribution in [-0.2, 0) is 5.41 Å². The van der Waals surface area contributed by atoms with Gasteiger partial charge in [-0.3, -0.25) is 5.10 Å². The fourth-order valence-corrected chi connectivity index (χ4v) is 2.28. The molecule has 0 spiro atoms. The Bertz CT molecular complexity index is 664. The van der Waals surface area contributed by atoms with E-state index in [1.165, 1.54) is 5.56 Å². The van der Waals surface area contributed by atoms with Gasteiger partial charge in [0.15, 0.2) is 0 Å². The molecule has 0 saturated heterocycles. The van der Waals surface area contributed by atoms with Crippen molar-refractivity contribution in [3.8, 4) is 11.3 Å². The van der Waals surface area contributed by atoms with Crippen LogP contribution in [-0.4, -0.2) is 21.3 Å². The highest BCUT2D eigenvalue weighted by Gasteiger charge is 2.21. The summed E-state index contributed by atoms with van der Waals surface area (Å²) in [4.78, 5) is 11.4. The zero-order valence-electron chi connectivity index (χ0n) is 12.5. The zero-order valence-corrected chi connectivity index (χ0v) is 12.5. The molecule has 0 unspecified atom stereocenters. The van der Waals surface area contributed by atoms with Crippen LogP contribution < -0.4 is 0 Å². The van der Waals surface area contributed by atoms with Crippen molar-refractivity contribution in [2.75, 3.05) is 0 Å². The molecule has 2 N–H and O–H groups in total. The summed E-state index contributed by atoms with van der Waals surface area (Å²) in [6.45, 7) is 10.2. The van der Waals surface area contributed by atoms with Gasteiger partial charge in [0.2, 0.25) is 0 Å². The summed E-state index contributed by atoms with van der Waals surface area (Å²) in [5.74, 6) is -0.953. The van der Waals surface area contributed by atoms with E-state index < -0.39 is 5.97 Å². The lowest BCUT2D eigenvalue weighted by Crippen LogP contribution is -2.11. The van der Waals surface area contributed by atoms with E-state index in [9.17, 15) is 9.90 Å². The van der Waals surface area contributed by atoms with Gasteiger partial charge in [-0.05, 0) is 30.4 Å². The Morgan fingerprint density at radius 2 is 1.90 bits per heavy atom. The Kier molecular flexibility index (Phi) is 3.42. The molecule has 2 rings (SSSR count). The van der Waals surface area contributed by atoms with Crippen molar-refractivity contribution in [3.63, 3.8) is 0 Å². The van der Waals surface area contributed by atoms with Crippen LogP contribution in [0.15, 0.2) is 18.2 Å². The molecule has 0 fully saturated rings. The molecule has 0 atom stereocenters. The van der Waals surface area contributed by atoms with Crippen molar-refractivity contribution in [2.45, 2.75) is 40.0 Å². The van der Waals surface area contributed by atoms with E-state index in [2.05, 4.69) is 37.0 Å². The molecule has 1 aromatic carbocycles. The fraction of sp³-hybridized carbons (Fsp3) is 0.375. The zero-order chi connectivity index (χ0) is 15.1. The second kappa shape index (κ2) is 4.78. The molecule has 0 amide bonds. The SMILES string of the molecule is Cc1cc(C(C)(C)C)ccc1-c1n[nH]c(C)c1C(=O)O. The van der Waals surface area contributed by atoms with Gasteiger partial charge in [-0.1, -0.05) is 39.0 Å². The van der Waals surface area contributed by atoms with Crippen molar-refractivity contribution in [1.82, 2.24) is 10.2 Å². The van der Waals surface area contributed by atoms with Crippen molar-refractivity contribution in [2.24, 2.45) is 0 Å². The molecule has 4 nitrogen and oxygen atoms in total. The number of nitrogens with one attached hydrogen (secondary N) is 1. The van der Waals surface area contributed by atoms with Crippen LogP contribution in [0.5, 0.6) is 0 Å². The highest BCUT2D eigenvalue weighted by Crippen LogP contribution is 2.30. The first-order chi connectivity index (χ1) is 9.21. The van der Waals surface area contributed by atoms with Crippen molar-refractivity contribution in [1.29, 1.82) is 0 Å². The van der Waals surface area contributed by atoms with Gasteiger partial charge in [-0.25, -0.2) is 4.79 Å². The van der Waals surface area contributed by atoms with Crippen molar-refractivity contribution < 1.29 is 9.90 Å². The van der Waals surface area contributed by atoms with Crippen LogP contribution in [0, 0.1) is 13.8 Å². The molecule has 106 valence electrons. The second-order valence-corrected chi connectivity index (χ2v) is 6.16. The van der Waals surface area contributed by atoms with E-state index in [1.54, 1.807) is 6.92 Å². The molecular formula is C16H20N2O2. The number of nitrogens with zero attached hydrogens (tertiary/aromatic N) is 1. The third-order valence-corrected chi connectivity index (χ3v) is 3.51. The van der Waals surface area contributed by atoms with Crippen LogP contribution in [0.1, 0.15) is 48.0 Å². The number of aryl methyl sites for hydroxylation is 2. The highest BCUT2D eigenvalue weighted by molar-refractivity contribution is 5.96. The Morgan fingerprint density at radius 3 is 2.40 bits per heavy atom. The van der Waals surface area contributed by atoms with Gasteiger partial charge < -0.3 is 5.11 Å². The number of aromatic nitrogens is 2. The van der Waals surface area contributed by atoms with E-state index >= 15 is 0 Å². The van der Waals surface area contributed by atoms with E-state index in [1.807, 2.05) is 19.1 Å².